The fraction of sp³-hybridized carbons (Fsp3) is 0.750. The average molecular weight is 227 g/mol. The summed E-state index contributed by atoms with van der Waals surface area (Å²) < 4.78 is 4.66. The molecular weight excluding hydrogens is 206 g/mol. The Bertz CT molecular complexity index is 245. The van der Waals surface area contributed by atoms with Crippen molar-refractivity contribution in [1.82, 2.24) is 5.48 Å². The zero-order valence-corrected chi connectivity index (χ0v) is 10.1. The second-order valence-electron chi connectivity index (χ2n) is 3.95. The van der Waals surface area contributed by atoms with Crippen LogP contribution in [0.4, 0.5) is 0 Å². The lowest BCUT2D eigenvalue weighted by Crippen LogP contribution is -2.22. The van der Waals surface area contributed by atoms with E-state index in [0.29, 0.717) is 24.6 Å². The normalized spacial score (nSPS) is 17.8. The maximum atomic E-state index is 11.2. The van der Waals surface area contributed by atoms with E-state index >= 15 is 0 Å². The Labute approximate surface area is 97.0 Å². The van der Waals surface area contributed by atoms with E-state index in [2.05, 4.69) is 10.2 Å². The minimum absolute atomic E-state index is 0.259. The van der Waals surface area contributed by atoms with Crippen LogP contribution in [0.5, 0.6) is 0 Å². The van der Waals surface area contributed by atoms with Gasteiger partial charge in [-0.25, -0.2) is 4.79 Å². The molecule has 1 rings (SSSR count). The molecule has 1 saturated carbocycles. The average Bonchev–Trinajstić information content (AvgIpc) is 2.81. The van der Waals surface area contributed by atoms with Gasteiger partial charge in [-0.1, -0.05) is 25.8 Å². The number of methoxy groups -OCH3 is 1. The van der Waals surface area contributed by atoms with Crippen LogP contribution >= 0.6 is 0 Å². The van der Waals surface area contributed by atoms with Gasteiger partial charge in [-0.2, -0.15) is 5.48 Å². The predicted octanol–water partition coefficient (Wildman–Crippen LogP) is 1.96. The first-order valence-corrected chi connectivity index (χ1v) is 5.93. The lowest BCUT2D eigenvalue weighted by atomic mass is 10.2. The summed E-state index contributed by atoms with van der Waals surface area (Å²) in [6.07, 6.45) is 7.62. The number of carbonyl (C=O) groups is 1. The SMILES string of the molecule is CCC(=CCNOC1CCCC1)C(=O)OC. The largest absolute Gasteiger partial charge is 0.466 e. The summed E-state index contributed by atoms with van der Waals surface area (Å²) in [5, 5.41) is 0. The maximum absolute atomic E-state index is 11.2. The summed E-state index contributed by atoms with van der Waals surface area (Å²) in [4.78, 5) is 16.7. The highest BCUT2D eigenvalue weighted by molar-refractivity contribution is 5.88. The van der Waals surface area contributed by atoms with Gasteiger partial charge in [0.2, 0.25) is 0 Å². The summed E-state index contributed by atoms with van der Waals surface area (Å²) >= 11 is 0. The summed E-state index contributed by atoms with van der Waals surface area (Å²) in [5.74, 6) is -0.259. The van der Waals surface area contributed by atoms with E-state index in [0.717, 1.165) is 12.8 Å². The Hall–Kier alpha value is -0.870. The highest BCUT2D eigenvalue weighted by Gasteiger charge is 2.15. The first-order chi connectivity index (χ1) is 7.77. The zero-order chi connectivity index (χ0) is 11.8. The first-order valence-electron chi connectivity index (χ1n) is 5.93. The smallest absolute Gasteiger partial charge is 0.333 e. The van der Waals surface area contributed by atoms with Gasteiger partial charge in [0.25, 0.3) is 0 Å². The van der Waals surface area contributed by atoms with E-state index in [1.165, 1.54) is 20.0 Å². The van der Waals surface area contributed by atoms with Gasteiger partial charge in [0, 0.05) is 12.1 Å². The highest BCUT2D eigenvalue weighted by Crippen LogP contribution is 2.19. The van der Waals surface area contributed by atoms with Gasteiger partial charge in [0.1, 0.15) is 0 Å². The predicted molar refractivity (Wildman–Crippen MR) is 61.7 cm³/mol. The van der Waals surface area contributed by atoms with Crippen LogP contribution in [0.15, 0.2) is 11.6 Å². The number of hydrogen-bond donors (Lipinski definition) is 1. The van der Waals surface area contributed by atoms with Crippen molar-refractivity contribution in [2.75, 3.05) is 13.7 Å². The summed E-state index contributed by atoms with van der Waals surface area (Å²) in [6, 6.07) is 0. The van der Waals surface area contributed by atoms with Crippen molar-refractivity contribution < 1.29 is 14.4 Å². The second kappa shape index (κ2) is 7.41. The molecule has 0 aliphatic heterocycles. The highest BCUT2D eigenvalue weighted by atomic mass is 16.7. The molecule has 4 heteroatoms. The monoisotopic (exact) mass is 227 g/mol. The third-order valence-corrected chi connectivity index (χ3v) is 2.81. The molecule has 0 unspecified atom stereocenters. The van der Waals surface area contributed by atoms with E-state index < -0.39 is 0 Å². The summed E-state index contributed by atoms with van der Waals surface area (Å²) in [5.41, 5.74) is 3.57. The molecule has 0 bridgehead atoms. The van der Waals surface area contributed by atoms with Gasteiger partial charge < -0.3 is 4.74 Å². The molecule has 92 valence electrons. The van der Waals surface area contributed by atoms with Crippen LogP contribution in [0.25, 0.3) is 0 Å². The van der Waals surface area contributed by atoms with E-state index in [9.17, 15) is 4.79 Å². The van der Waals surface area contributed by atoms with Crippen LogP contribution in [0.3, 0.4) is 0 Å². The molecule has 0 aromatic carbocycles. The van der Waals surface area contributed by atoms with Crippen molar-refractivity contribution in [2.24, 2.45) is 0 Å². The van der Waals surface area contributed by atoms with Crippen molar-refractivity contribution in [1.29, 1.82) is 0 Å². The van der Waals surface area contributed by atoms with Gasteiger partial charge in [-0.3, -0.25) is 4.84 Å². The first kappa shape index (κ1) is 13.2. The Morgan fingerprint density at radius 3 is 2.69 bits per heavy atom. The van der Waals surface area contributed by atoms with Crippen LogP contribution in [-0.4, -0.2) is 25.7 Å². The molecule has 0 amide bonds. The van der Waals surface area contributed by atoms with Gasteiger partial charge in [0.05, 0.1) is 13.2 Å². The molecule has 1 aliphatic carbocycles. The standard InChI is InChI=1S/C12H21NO3/c1-3-10(12(14)15-2)8-9-13-16-11-6-4-5-7-11/h8,11,13H,3-7,9H2,1-2H3. The Morgan fingerprint density at radius 1 is 1.44 bits per heavy atom. The van der Waals surface area contributed by atoms with Gasteiger partial charge in [-0.05, 0) is 19.3 Å². The summed E-state index contributed by atoms with van der Waals surface area (Å²) in [6.45, 7) is 2.48. The van der Waals surface area contributed by atoms with E-state index in [-0.39, 0.29) is 5.97 Å². The van der Waals surface area contributed by atoms with Crippen molar-refractivity contribution in [2.45, 2.75) is 45.1 Å². The molecule has 1 fully saturated rings. The second-order valence-corrected chi connectivity index (χ2v) is 3.95. The van der Waals surface area contributed by atoms with Gasteiger partial charge in [-0.15, -0.1) is 0 Å². The maximum Gasteiger partial charge on any atom is 0.333 e. The van der Waals surface area contributed by atoms with Gasteiger partial charge in [0.15, 0.2) is 0 Å². The van der Waals surface area contributed by atoms with Crippen LogP contribution < -0.4 is 5.48 Å². The lowest BCUT2D eigenvalue weighted by molar-refractivity contribution is -0.136. The zero-order valence-electron chi connectivity index (χ0n) is 10.1. The molecule has 0 aromatic rings. The van der Waals surface area contributed by atoms with Crippen molar-refractivity contribution in [3.63, 3.8) is 0 Å². The third-order valence-electron chi connectivity index (χ3n) is 2.81. The molecule has 0 atom stereocenters. The number of rotatable bonds is 6. The number of ether oxygens (including phenoxy) is 1. The summed E-state index contributed by atoms with van der Waals surface area (Å²) in [7, 11) is 1.40. The minimum Gasteiger partial charge on any atom is -0.466 e. The lowest BCUT2D eigenvalue weighted by Gasteiger charge is -2.10. The number of hydroxylamine groups is 1. The molecule has 1 N–H and O–H groups in total. The number of esters is 1. The molecular formula is C12H21NO3. The van der Waals surface area contributed by atoms with Crippen molar-refractivity contribution in [3.8, 4) is 0 Å². The molecule has 0 spiro atoms. The number of hydrogen-bond acceptors (Lipinski definition) is 4. The fourth-order valence-electron chi connectivity index (χ4n) is 1.84. The molecule has 0 heterocycles. The van der Waals surface area contributed by atoms with E-state index in [1.54, 1.807) is 0 Å². The van der Waals surface area contributed by atoms with Gasteiger partial charge >= 0.3 is 5.97 Å². The van der Waals surface area contributed by atoms with E-state index in [4.69, 9.17) is 4.84 Å². The van der Waals surface area contributed by atoms with Crippen LogP contribution in [-0.2, 0) is 14.4 Å². The van der Waals surface area contributed by atoms with Crippen molar-refractivity contribution in [3.05, 3.63) is 11.6 Å². The quantitative estimate of drug-likeness (QED) is 0.326. The molecule has 0 aromatic heterocycles. The Balaban J connectivity index is 2.20. The molecule has 0 radical (unpaired) electrons. The van der Waals surface area contributed by atoms with Crippen LogP contribution in [0.2, 0.25) is 0 Å². The topological polar surface area (TPSA) is 47.6 Å². The molecule has 1 aliphatic rings. The molecule has 16 heavy (non-hydrogen) atoms. The van der Waals surface area contributed by atoms with Crippen LogP contribution in [0.1, 0.15) is 39.0 Å². The van der Waals surface area contributed by atoms with Crippen molar-refractivity contribution >= 4 is 5.97 Å². The van der Waals surface area contributed by atoms with E-state index in [1.807, 2.05) is 13.0 Å². The fourth-order valence-corrected chi connectivity index (χ4v) is 1.84. The Morgan fingerprint density at radius 2 is 2.12 bits per heavy atom. The third kappa shape index (κ3) is 4.33. The van der Waals surface area contributed by atoms with Crippen LogP contribution in [0, 0.1) is 0 Å². The number of nitrogens with one attached hydrogen (secondary N) is 1. The molecule has 4 nitrogen and oxygen atoms in total. The number of carbonyl (C=O) groups excluding carboxylic acids is 1. The molecule has 0 saturated heterocycles. The minimum atomic E-state index is -0.259. The Kier molecular flexibility index (Phi) is 6.11.